The second kappa shape index (κ2) is 15.3. The van der Waals surface area contributed by atoms with E-state index in [1.165, 1.54) is 24.6 Å². The highest BCUT2D eigenvalue weighted by Crippen LogP contribution is 2.31. The van der Waals surface area contributed by atoms with Gasteiger partial charge in [-0.3, -0.25) is 0 Å². The summed E-state index contributed by atoms with van der Waals surface area (Å²) in [6.07, 6.45) is 11.3. The number of ether oxygens (including phenoxy) is 2. The fourth-order valence-corrected chi connectivity index (χ4v) is 3.32. The Balaban J connectivity index is 2.67. The first-order chi connectivity index (χ1) is 14.0. The van der Waals surface area contributed by atoms with Gasteiger partial charge in [0.25, 0.3) is 0 Å². The summed E-state index contributed by atoms with van der Waals surface area (Å²) in [5, 5.41) is 0. The summed E-state index contributed by atoms with van der Waals surface area (Å²) in [6.45, 7) is 2.66. The smallest absolute Gasteiger partial charge is 0.173 e. The van der Waals surface area contributed by atoms with Gasteiger partial charge in [0.1, 0.15) is 19.2 Å². The Kier molecular flexibility index (Phi) is 13.4. The predicted molar refractivity (Wildman–Crippen MR) is 109 cm³/mol. The lowest BCUT2D eigenvalue weighted by Crippen LogP contribution is -2.18. The van der Waals surface area contributed by atoms with Crippen LogP contribution in [0.25, 0.3) is 0 Å². The van der Waals surface area contributed by atoms with Crippen LogP contribution in [-0.2, 0) is 9.47 Å². The number of alkyl halides is 2. The monoisotopic (exact) mass is 418 g/mol. The first-order valence-corrected chi connectivity index (χ1v) is 10.5. The summed E-state index contributed by atoms with van der Waals surface area (Å²) in [6, 6.07) is 0. The Morgan fingerprint density at radius 1 is 0.897 bits per heavy atom. The van der Waals surface area contributed by atoms with Gasteiger partial charge in [-0.1, -0.05) is 44.4 Å². The van der Waals surface area contributed by atoms with Crippen molar-refractivity contribution in [3.63, 3.8) is 0 Å². The van der Waals surface area contributed by atoms with E-state index in [9.17, 15) is 17.6 Å². The van der Waals surface area contributed by atoms with E-state index in [1.54, 1.807) is 6.08 Å². The summed E-state index contributed by atoms with van der Waals surface area (Å²) in [4.78, 5) is 0. The molecule has 6 heteroatoms. The van der Waals surface area contributed by atoms with Crippen LogP contribution in [0.1, 0.15) is 52.4 Å². The summed E-state index contributed by atoms with van der Waals surface area (Å²) in [5.41, 5.74) is 0.126. The fourth-order valence-electron chi connectivity index (χ4n) is 3.32. The highest BCUT2D eigenvalue weighted by atomic mass is 19.2. The van der Waals surface area contributed by atoms with Gasteiger partial charge in [0, 0.05) is 6.61 Å². The van der Waals surface area contributed by atoms with E-state index in [0.717, 1.165) is 31.6 Å². The van der Waals surface area contributed by atoms with Crippen molar-refractivity contribution in [3.8, 4) is 0 Å². The zero-order valence-corrected chi connectivity index (χ0v) is 17.6. The molecule has 0 spiro atoms. The van der Waals surface area contributed by atoms with Crippen molar-refractivity contribution < 1.29 is 27.0 Å². The number of rotatable bonds is 13. The second-order valence-corrected chi connectivity index (χ2v) is 7.24. The van der Waals surface area contributed by atoms with Gasteiger partial charge < -0.3 is 9.47 Å². The van der Waals surface area contributed by atoms with Crippen LogP contribution in [0.5, 0.6) is 0 Å². The zero-order chi connectivity index (χ0) is 21.5. The van der Waals surface area contributed by atoms with Crippen LogP contribution in [0.3, 0.4) is 0 Å². The lowest BCUT2D eigenvalue weighted by molar-refractivity contribution is 0.128. The van der Waals surface area contributed by atoms with Gasteiger partial charge in [-0.2, -0.15) is 0 Å². The molecule has 1 aliphatic carbocycles. The van der Waals surface area contributed by atoms with E-state index >= 15 is 0 Å². The molecule has 29 heavy (non-hydrogen) atoms. The molecule has 1 aliphatic rings. The first-order valence-electron chi connectivity index (χ1n) is 10.5. The third-order valence-corrected chi connectivity index (χ3v) is 5.21. The van der Waals surface area contributed by atoms with E-state index in [1.807, 2.05) is 6.92 Å². The van der Waals surface area contributed by atoms with E-state index in [2.05, 4.69) is 6.92 Å². The molecule has 0 amide bonds. The largest absolute Gasteiger partial charge is 0.490 e. The van der Waals surface area contributed by atoms with E-state index < -0.39 is 25.0 Å². The van der Waals surface area contributed by atoms with Crippen molar-refractivity contribution in [3.05, 3.63) is 47.3 Å². The van der Waals surface area contributed by atoms with Crippen molar-refractivity contribution in [1.82, 2.24) is 0 Å². The van der Waals surface area contributed by atoms with Crippen LogP contribution in [-0.4, -0.2) is 33.2 Å². The lowest BCUT2D eigenvalue weighted by atomic mass is 9.81. The molecule has 0 aromatic heterocycles. The highest BCUT2D eigenvalue weighted by molar-refractivity contribution is 5.27. The second-order valence-electron chi connectivity index (χ2n) is 7.24. The molecule has 0 unspecified atom stereocenters. The number of hydrogen-bond acceptors (Lipinski definition) is 2. The molecule has 0 aromatic carbocycles. The molecule has 1 rings (SSSR count). The molecule has 0 atom stereocenters. The molecule has 1 saturated carbocycles. The van der Waals surface area contributed by atoms with Gasteiger partial charge >= 0.3 is 0 Å². The van der Waals surface area contributed by atoms with Crippen molar-refractivity contribution in [1.29, 1.82) is 0 Å². The molecule has 0 radical (unpaired) electrons. The first kappa shape index (κ1) is 25.5. The SMILES string of the molecule is CCOC/C=C\C(C/C=C\C(OCC1CCC(CC)CC1)=C(\F)CF)=C(\F)CF. The molecular weight excluding hydrogens is 384 g/mol. The maximum atomic E-state index is 13.9. The van der Waals surface area contributed by atoms with E-state index in [-0.39, 0.29) is 24.4 Å². The van der Waals surface area contributed by atoms with Crippen LogP contribution in [0.15, 0.2) is 47.3 Å². The highest BCUT2D eigenvalue weighted by Gasteiger charge is 2.21. The van der Waals surface area contributed by atoms with Crippen LogP contribution >= 0.6 is 0 Å². The maximum absolute atomic E-state index is 13.9. The van der Waals surface area contributed by atoms with Gasteiger partial charge in [-0.05, 0) is 49.7 Å². The number of hydrogen-bond donors (Lipinski definition) is 0. The Morgan fingerprint density at radius 2 is 1.55 bits per heavy atom. The molecular formula is C23H34F4O2. The van der Waals surface area contributed by atoms with Crippen LogP contribution < -0.4 is 0 Å². The Hall–Kier alpha value is -1.56. The predicted octanol–water partition coefficient (Wildman–Crippen LogP) is 7.10. The molecule has 0 bridgehead atoms. The molecule has 0 aliphatic heterocycles. The van der Waals surface area contributed by atoms with Crippen molar-refractivity contribution in [2.75, 3.05) is 33.2 Å². The summed E-state index contributed by atoms with van der Waals surface area (Å²) in [7, 11) is 0. The van der Waals surface area contributed by atoms with Gasteiger partial charge in [-0.15, -0.1) is 0 Å². The fraction of sp³-hybridized carbons (Fsp3) is 0.652. The Bertz CT molecular complexity index is 573. The molecule has 0 aromatic rings. The maximum Gasteiger partial charge on any atom is 0.173 e. The molecule has 1 fully saturated rings. The summed E-state index contributed by atoms with van der Waals surface area (Å²) in [5.74, 6) is -0.993. The number of allylic oxidation sites excluding steroid dienone is 6. The quantitative estimate of drug-likeness (QED) is 0.137. The minimum Gasteiger partial charge on any atom is -0.490 e. The standard InChI is InChI=1S/C23H34F4O2/c1-3-18-10-12-19(13-11-18)17-29-23(22(27)16-25)9-5-7-20(21(26)15-24)8-6-14-28-4-2/h5-6,8-9,18-19H,3-4,7,10-17H2,1-2H3/b8-6-,9-5-,21-20+,23-22-. The Morgan fingerprint density at radius 3 is 2.14 bits per heavy atom. The molecule has 0 saturated heterocycles. The molecule has 0 N–H and O–H groups in total. The minimum atomic E-state index is -1.27. The van der Waals surface area contributed by atoms with Gasteiger partial charge in [-0.25, -0.2) is 17.6 Å². The number of halogens is 4. The van der Waals surface area contributed by atoms with Gasteiger partial charge in [0.2, 0.25) is 0 Å². The molecule has 2 nitrogen and oxygen atoms in total. The van der Waals surface area contributed by atoms with Crippen molar-refractivity contribution in [2.45, 2.75) is 52.4 Å². The summed E-state index contributed by atoms with van der Waals surface area (Å²) >= 11 is 0. The molecule has 166 valence electrons. The Labute approximate surface area is 172 Å². The van der Waals surface area contributed by atoms with Gasteiger partial charge in [0.05, 0.1) is 13.2 Å². The third-order valence-electron chi connectivity index (χ3n) is 5.21. The lowest BCUT2D eigenvalue weighted by Gasteiger charge is -2.27. The topological polar surface area (TPSA) is 18.5 Å². The average molecular weight is 419 g/mol. The average Bonchev–Trinajstić information content (AvgIpc) is 2.76. The van der Waals surface area contributed by atoms with E-state index in [0.29, 0.717) is 19.1 Å². The van der Waals surface area contributed by atoms with Crippen molar-refractivity contribution in [2.24, 2.45) is 11.8 Å². The molecule has 0 heterocycles. The van der Waals surface area contributed by atoms with Gasteiger partial charge in [0.15, 0.2) is 11.6 Å². The van der Waals surface area contributed by atoms with Crippen LogP contribution in [0.2, 0.25) is 0 Å². The minimum absolute atomic E-state index is 0.0341. The summed E-state index contributed by atoms with van der Waals surface area (Å²) < 4.78 is 63.7. The van der Waals surface area contributed by atoms with Crippen LogP contribution in [0, 0.1) is 11.8 Å². The third kappa shape index (κ3) is 10.2. The normalized spacial score (nSPS) is 22.1. The van der Waals surface area contributed by atoms with Crippen molar-refractivity contribution >= 4 is 0 Å². The van der Waals surface area contributed by atoms with Crippen LogP contribution in [0.4, 0.5) is 17.6 Å². The zero-order valence-electron chi connectivity index (χ0n) is 17.6. The van der Waals surface area contributed by atoms with E-state index in [4.69, 9.17) is 9.47 Å².